The van der Waals surface area contributed by atoms with Crippen LogP contribution >= 0.6 is 0 Å². The second-order valence-electron chi connectivity index (χ2n) is 3.32. The van der Waals surface area contributed by atoms with E-state index in [-0.39, 0.29) is 5.91 Å². The van der Waals surface area contributed by atoms with E-state index in [1.165, 1.54) is 10.9 Å². The van der Waals surface area contributed by atoms with Gasteiger partial charge in [0.25, 0.3) is 0 Å². The third kappa shape index (κ3) is 1.62. The molecule has 0 radical (unpaired) electrons. The Bertz CT molecular complexity index is 459. The molecular weight excluding hydrogens is 176 g/mol. The average Bonchev–Trinajstić information content (AvgIpc) is 2.62. The normalized spacial score (nSPS) is 10.6. The van der Waals surface area contributed by atoms with Gasteiger partial charge in [-0.05, 0) is 24.1 Å². The van der Waals surface area contributed by atoms with E-state index in [2.05, 4.69) is 4.98 Å². The minimum absolute atomic E-state index is 0.252. The van der Waals surface area contributed by atoms with Gasteiger partial charge in [-0.3, -0.25) is 4.79 Å². The number of hydrogen-bond acceptors (Lipinski definition) is 1. The first-order chi connectivity index (χ1) is 6.77. The van der Waals surface area contributed by atoms with E-state index in [1.807, 2.05) is 30.5 Å². The lowest BCUT2D eigenvalue weighted by molar-refractivity contribution is -0.117. The Labute approximate surface area is 81.9 Å². The van der Waals surface area contributed by atoms with Crippen molar-refractivity contribution in [3.63, 3.8) is 0 Å². The van der Waals surface area contributed by atoms with Gasteiger partial charge in [-0.25, -0.2) is 0 Å². The molecule has 0 bridgehead atoms. The fraction of sp³-hybridized carbons (Fsp3) is 0.182. The molecule has 2 aromatic rings. The lowest BCUT2D eigenvalue weighted by atomic mass is 10.1. The number of hydrogen-bond donors (Lipinski definition) is 2. The van der Waals surface area contributed by atoms with Crippen molar-refractivity contribution in [1.82, 2.24) is 4.98 Å². The van der Waals surface area contributed by atoms with Gasteiger partial charge < -0.3 is 10.7 Å². The molecule has 2 rings (SSSR count). The molecule has 0 saturated heterocycles. The number of aryl methyl sites for hydroxylation is 1. The molecule has 0 aliphatic rings. The Balaban J connectivity index is 2.32. The number of amides is 1. The maximum atomic E-state index is 10.7. The molecule has 0 aliphatic carbocycles. The molecule has 14 heavy (non-hydrogen) atoms. The molecule has 3 N–H and O–H groups in total. The molecule has 1 aromatic heterocycles. The highest BCUT2D eigenvalue weighted by atomic mass is 16.1. The standard InChI is InChI=1S/C11H12N2O/c12-11(14)5-4-8-2-1-3-10-9(8)6-7-13-10/h1-3,6-7,13H,4-5H2,(H2,12,14). The average molecular weight is 188 g/mol. The highest BCUT2D eigenvalue weighted by Gasteiger charge is 2.02. The Morgan fingerprint density at radius 3 is 3.00 bits per heavy atom. The van der Waals surface area contributed by atoms with Gasteiger partial charge in [0.15, 0.2) is 0 Å². The summed E-state index contributed by atoms with van der Waals surface area (Å²) < 4.78 is 0. The maximum Gasteiger partial charge on any atom is 0.217 e. The summed E-state index contributed by atoms with van der Waals surface area (Å²) in [6.45, 7) is 0. The lowest BCUT2D eigenvalue weighted by Gasteiger charge is -2.00. The number of fused-ring (bicyclic) bond motifs is 1. The minimum Gasteiger partial charge on any atom is -0.370 e. The van der Waals surface area contributed by atoms with Crippen molar-refractivity contribution in [2.24, 2.45) is 5.73 Å². The molecule has 1 heterocycles. The molecule has 1 aromatic carbocycles. The van der Waals surface area contributed by atoms with Crippen LogP contribution in [0, 0.1) is 0 Å². The van der Waals surface area contributed by atoms with Crippen LogP contribution in [0.2, 0.25) is 0 Å². The number of benzene rings is 1. The molecule has 0 aliphatic heterocycles. The van der Waals surface area contributed by atoms with Gasteiger partial charge in [-0.1, -0.05) is 12.1 Å². The van der Waals surface area contributed by atoms with Crippen molar-refractivity contribution in [3.8, 4) is 0 Å². The Hall–Kier alpha value is -1.77. The monoisotopic (exact) mass is 188 g/mol. The lowest BCUT2D eigenvalue weighted by Crippen LogP contribution is -2.11. The Morgan fingerprint density at radius 2 is 2.21 bits per heavy atom. The van der Waals surface area contributed by atoms with Crippen LogP contribution in [0.4, 0.5) is 0 Å². The molecule has 1 amide bonds. The fourth-order valence-electron chi connectivity index (χ4n) is 1.63. The van der Waals surface area contributed by atoms with Crippen molar-refractivity contribution in [2.45, 2.75) is 12.8 Å². The Kier molecular flexibility index (Phi) is 2.23. The molecule has 3 heteroatoms. The predicted octanol–water partition coefficient (Wildman–Crippen LogP) is 1.59. The van der Waals surface area contributed by atoms with Crippen molar-refractivity contribution in [3.05, 3.63) is 36.0 Å². The van der Waals surface area contributed by atoms with Crippen LogP contribution in [0.15, 0.2) is 30.5 Å². The van der Waals surface area contributed by atoms with E-state index in [0.717, 1.165) is 5.52 Å². The van der Waals surface area contributed by atoms with E-state index in [1.54, 1.807) is 0 Å². The van der Waals surface area contributed by atoms with E-state index in [0.29, 0.717) is 12.8 Å². The zero-order chi connectivity index (χ0) is 9.97. The van der Waals surface area contributed by atoms with E-state index in [4.69, 9.17) is 5.73 Å². The van der Waals surface area contributed by atoms with Crippen LogP contribution in [0.1, 0.15) is 12.0 Å². The second-order valence-corrected chi connectivity index (χ2v) is 3.32. The molecule has 0 atom stereocenters. The van der Waals surface area contributed by atoms with Gasteiger partial charge >= 0.3 is 0 Å². The zero-order valence-corrected chi connectivity index (χ0v) is 7.79. The maximum absolute atomic E-state index is 10.7. The van der Waals surface area contributed by atoms with Gasteiger partial charge in [0.2, 0.25) is 5.91 Å². The van der Waals surface area contributed by atoms with E-state index < -0.39 is 0 Å². The topological polar surface area (TPSA) is 58.9 Å². The van der Waals surface area contributed by atoms with Crippen molar-refractivity contribution >= 4 is 16.8 Å². The van der Waals surface area contributed by atoms with Gasteiger partial charge in [0.1, 0.15) is 0 Å². The molecule has 0 spiro atoms. The smallest absolute Gasteiger partial charge is 0.217 e. The van der Waals surface area contributed by atoms with Crippen LogP contribution in [-0.4, -0.2) is 10.9 Å². The summed E-state index contributed by atoms with van der Waals surface area (Å²) in [6.07, 6.45) is 3.02. The fourth-order valence-corrected chi connectivity index (χ4v) is 1.63. The summed E-state index contributed by atoms with van der Waals surface area (Å²) in [6, 6.07) is 8.04. The van der Waals surface area contributed by atoms with Crippen molar-refractivity contribution < 1.29 is 4.79 Å². The molecule has 3 nitrogen and oxygen atoms in total. The second kappa shape index (κ2) is 3.54. The SMILES string of the molecule is NC(=O)CCc1cccc2[nH]ccc12. The summed E-state index contributed by atoms with van der Waals surface area (Å²) in [7, 11) is 0. The zero-order valence-electron chi connectivity index (χ0n) is 7.79. The van der Waals surface area contributed by atoms with Gasteiger partial charge in [0.05, 0.1) is 0 Å². The number of rotatable bonds is 3. The van der Waals surface area contributed by atoms with Crippen molar-refractivity contribution in [1.29, 1.82) is 0 Å². The quantitative estimate of drug-likeness (QED) is 0.754. The number of aromatic amines is 1. The van der Waals surface area contributed by atoms with Crippen LogP contribution in [0.5, 0.6) is 0 Å². The highest BCUT2D eigenvalue weighted by Crippen LogP contribution is 2.18. The molecule has 0 fully saturated rings. The van der Waals surface area contributed by atoms with Crippen LogP contribution in [0.25, 0.3) is 10.9 Å². The van der Waals surface area contributed by atoms with Gasteiger partial charge in [-0.2, -0.15) is 0 Å². The molecular formula is C11H12N2O. The minimum atomic E-state index is -0.252. The Morgan fingerprint density at radius 1 is 1.36 bits per heavy atom. The summed E-state index contributed by atoms with van der Waals surface area (Å²) in [5.41, 5.74) is 7.39. The number of carbonyl (C=O) groups excluding carboxylic acids is 1. The van der Waals surface area contributed by atoms with Gasteiger partial charge in [-0.15, -0.1) is 0 Å². The summed E-state index contributed by atoms with van der Waals surface area (Å²) in [5.74, 6) is -0.252. The van der Waals surface area contributed by atoms with Crippen LogP contribution in [0.3, 0.4) is 0 Å². The number of nitrogens with one attached hydrogen (secondary N) is 1. The van der Waals surface area contributed by atoms with Crippen LogP contribution < -0.4 is 5.73 Å². The summed E-state index contributed by atoms with van der Waals surface area (Å²) in [4.78, 5) is 13.8. The molecule has 0 saturated carbocycles. The summed E-state index contributed by atoms with van der Waals surface area (Å²) in [5, 5.41) is 1.17. The molecule has 0 unspecified atom stereocenters. The first kappa shape index (κ1) is 8.81. The highest BCUT2D eigenvalue weighted by molar-refractivity contribution is 5.83. The van der Waals surface area contributed by atoms with E-state index in [9.17, 15) is 4.79 Å². The van der Waals surface area contributed by atoms with E-state index >= 15 is 0 Å². The van der Waals surface area contributed by atoms with Crippen molar-refractivity contribution in [2.75, 3.05) is 0 Å². The first-order valence-corrected chi connectivity index (χ1v) is 4.60. The molecule has 72 valence electrons. The first-order valence-electron chi connectivity index (χ1n) is 4.60. The van der Waals surface area contributed by atoms with Gasteiger partial charge in [0, 0.05) is 23.5 Å². The summed E-state index contributed by atoms with van der Waals surface area (Å²) >= 11 is 0. The number of primary amides is 1. The third-order valence-corrected chi connectivity index (χ3v) is 2.33. The third-order valence-electron chi connectivity index (χ3n) is 2.33. The number of H-pyrrole nitrogens is 1. The number of carbonyl (C=O) groups is 1. The number of nitrogens with two attached hydrogens (primary N) is 1. The largest absolute Gasteiger partial charge is 0.370 e. The number of aromatic nitrogens is 1. The predicted molar refractivity (Wildman–Crippen MR) is 55.8 cm³/mol. The van der Waals surface area contributed by atoms with Crippen LogP contribution in [-0.2, 0) is 11.2 Å².